The van der Waals surface area contributed by atoms with E-state index in [1.807, 2.05) is 6.92 Å². The molecule has 2 aromatic rings. The fraction of sp³-hybridized carbons (Fsp3) is 0.333. The quantitative estimate of drug-likeness (QED) is 0.576. The minimum atomic E-state index is -0.488. The maximum absolute atomic E-state index is 13.9. The fourth-order valence-corrected chi connectivity index (χ4v) is 4.42. The van der Waals surface area contributed by atoms with Crippen molar-refractivity contribution >= 4 is 34.5 Å². The lowest BCUT2D eigenvalue weighted by molar-refractivity contribution is -0.126. The molecular weight excluding hydrogens is 417 g/mol. The summed E-state index contributed by atoms with van der Waals surface area (Å²) in [5, 5.41) is -0.418. The number of benzene rings is 2. The largest absolute Gasteiger partial charge is 0.490 e. The number of hydrogen-bond donors (Lipinski definition) is 0. The Bertz CT molecular complexity index is 924. The Kier molecular flexibility index (Phi) is 7.03. The minimum absolute atomic E-state index is 0.00272. The molecule has 1 atom stereocenters. The molecule has 1 aliphatic heterocycles. The highest BCUT2D eigenvalue weighted by atomic mass is 35.5. The molecule has 0 spiro atoms. The molecule has 0 aromatic heterocycles. The predicted molar refractivity (Wildman–Crippen MR) is 111 cm³/mol. The maximum atomic E-state index is 13.9. The van der Waals surface area contributed by atoms with Crippen LogP contribution in [0.3, 0.4) is 0 Å². The van der Waals surface area contributed by atoms with Crippen molar-refractivity contribution in [2.45, 2.75) is 32.1 Å². The van der Waals surface area contributed by atoms with E-state index in [1.54, 1.807) is 37.3 Å². The number of ether oxygens (including phenoxy) is 2. The Morgan fingerprint density at radius 3 is 2.59 bits per heavy atom. The SMILES string of the molecule is CCOc1cc(C[C@H]2SC(=O)N(CC)C2=O)cc(Cl)c1OCc1ccccc1F. The van der Waals surface area contributed by atoms with Gasteiger partial charge in [0.2, 0.25) is 5.91 Å². The van der Waals surface area contributed by atoms with Crippen molar-refractivity contribution in [3.05, 3.63) is 58.4 Å². The van der Waals surface area contributed by atoms with Crippen molar-refractivity contribution in [1.82, 2.24) is 4.90 Å². The van der Waals surface area contributed by atoms with E-state index < -0.39 is 5.25 Å². The van der Waals surface area contributed by atoms with Crippen LogP contribution in [0.2, 0.25) is 5.02 Å². The van der Waals surface area contributed by atoms with Gasteiger partial charge in [-0.2, -0.15) is 0 Å². The van der Waals surface area contributed by atoms with Gasteiger partial charge >= 0.3 is 0 Å². The topological polar surface area (TPSA) is 55.8 Å². The zero-order valence-electron chi connectivity index (χ0n) is 16.1. The Morgan fingerprint density at radius 2 is 1.93 bits per heavy atom. The second kappa shape index (κ2) is 9.50. The van der Waals surface area contributed by atoms with Crippen LogP contribution in [0.5, 0.6) is 11.5 Å². The molecule has 0 unspecified atom stereocenters. The summed E-state index contributed by atoms with van der Waals surface area (Å²) in [6, 6.07) is 9.78. The number of imide groups is 1. The first-order chi connectivity index (χ1) is 13.9. The van der Waals surface area contributed by atoms with Gasteiger partial charge in [0.15, 0.2) is 11.5 Å². The van der Waals surface area contributed by atoms with Crippen LogP contribution in [-0.4, -0.2) is 34.4 Å². The van der Waals surface area contributed by atoms with Crippen LogP contribution >= 0.6 is 23.4 Å². The van der Waals surface area contributed by atoms with Crippen LogP contribution in [0.1, 0.15) is 25.0 Å². The van der Waals surface area contributed by atoms with Crippen molar-refractivity contribution in [1.29, 1.82) is 0 Å². The van der Waals surface area contributed by atoms with E-state index in [4.69, 9.17) is 21.1 Å². The van der Waals surface area contributed by atoms with E-state index in [0.717, 1.165) is 17.3 Å². The van der Waals surface area contributed by atoms with Gasteiger partial charge in [0, 0.05) is 12.1 Å². The van der Waals surface area contributed by atoms with Crippen molar-refractivity contribution in [2.75, 3.05) is 13.2 Å². The first-order valence-electron chi connectivity index (χ1n) is 9.28. The van der Waals surface area contributed by atoms with E-state index in [-0.39, 0.29) is 23.6 Å². The normalized spacial score (nSPS) is 16.4. The molecule has 8 heteroatoms. The van der Waals surface area contributed by atoms with Crippen LogP contribution in [0.4, 0.5) is 9.18 Å². The molecule has 0 N–H and O–H groups in total. The standard InChI is InChI=1S/C21H21ClFNO4S/c1-3-24-20(25)18(29-21(24)26)11-13-9-15(22)19(17(10-13)27-4-2)28-12-14-7-5-6-8-16(14)23/h5-10,18H,3-4,11-12H2,1-2H3/t18-/m1/s1. The Balaban J connectivity index is 1.80. The van der Waals surface area contributed by atoms with Crippen LogP contribution in [0, 0.1) is 5.82 Å². The smallest absolute Gasteiger partial charge is 0.289 e. The van der Waals surface area contributed by atoms with Crippen molar-refractivity contribution in [2.24, 2.45) is 0 Å². The zero-order valence-corrected chi connectivity index (χ0v) is 17.7. The molecule has 3 rings (SSSR count). The maximum Gasteiger partial charge on any atom is 0.289 e. The third kappa shape index (κ3) is 4.85. The highest BCUT2D eigenvalue weighted by molar-refractivity contribution is 8.15. The molecule has 1 fully saturated rings. The van der Waals surface area contributed by atoms with E-state index in [1.165, 1.54) is 11.0 Å². The zero-order chi connectivity index (χ0) is 21.0. The highest BCUT2D eigenvalue weighted by Crippen LogP contribution is 2.39. The number of carbonyl (C=O) groups excluding carboxylic acids is 2. The molecule has 5 nitrogen and oxygen atoms in total. The summed E-state index contributed by atoms with van der Waals surface area (Å²) in [7, 11) is 0. The van der Waals surface area contributed by atoms with Crippen LogP contribution in [0.15, 0.2) is 36.4 Å². The number of amides is 2. The van der Waals surface area contributed by atoms with Crippen molar-refractivity contribution < 1.29 is 23.5 Å². The fourth-order valence-electron chi connectivity index (χ4n) is 3.04. The summed E-state index contributed by atoms with van der Waals surface area (Å²) in [5.74, 6) is 0.175. The van der Waals surface area contributed by atoms with Gasteiger partial charge in [-0.1, -0.05) is 41.6 Å². The molecule has 1 heterocycles. The van der Waals surface area contributed by atoms with Gasteiger partial charge in [-0.15, -0.1) is 0 Å². The summed E-state index contributed by atoms with van der Waals surface area (Å²) < 4.78 is 25.3. The van der Waals surface area contributed by atoms with E-state index in [0.29, 0.717) is 41.7 Å². The van der Waals surface area contributed by atoms with Crippen LogP contribution < -0.4 is 9.47 Å². The average Bonchev–Trinajstić information content (AvgIpc) is 2.95. The minimum Gasteiger partial charge on any atom is -0.490 e. The van der Waals surface area contributed by atoms with Gasteiger partial charge in [-0.05, 0) is 44.0 Å². The van der Waals surface area contributed by atoms with Crippen LogP contribution in [0.25, 0.3) is 0 Å². The second-order valence-corrected chi connectivity index (χ2v) is 7.94. The third-order valence-electron chi connectivity index (χ3n) is 4.44. The molecule has 0 bridgehead atoms. The van der Waals surface area contributed by atoms with Crippen molar-refractivity contribution in [3.8, 4) is 11.5 Å². The predicted octanol–water partition coefficient (Wildman–Crippen LogP) is 5.08. The van der Waals surface area contributed by atoms with Crippen molar-refractivity contribution in [3.63, 3.8) is 0 Å². The van der Waals surface area contributed by atoms with Gasteiger partial charge in [-0.3, -0.25) is 14.5 Å². The van der Waals surface area contributed by atoms with Gasteiger partial charge in [0.25, 0.3) is 5.24 Å². The molecule has 0 aliphatic carbocycles. The summed E-state index contributed by atoms with van der Waals surface area (Å²) in [6.45, 7) is 4.34. The van der Waals surface area contributed by atoms with Gasteiger partial charge in [0.1, 0.15) is 12.4 Å². The Labute approximate surface area is 178 Å². The number of hydrogen-bond acceptors (Lipinski definition) is 5. The molecule has 2 amide bonds. The third-order valence-corrected chi connectivity index (χ3v) is 5.80. The molecule has 2 aromatic carbocycles. The average molecular weight is 438 g/mol. The number of carbonyl (C=O) groups is 2. The molecule has 0 radical (unpaired) electrons. The summed E-state index contributed by atoms with van der Waals surface area (Å²) in [6.07, 6.45) is 0.346. The Hall–Kier alpha value is -2.25. The molecule has 1 saturated heterocycles. The lowest BCUT2D eigenvalue weighted by atomic mass is 10.1. The van der Waals surface area contributed by atoms with Gasteiger partial charge in [-0.25, -0.2) is 4.39 Å². The number of rotatable bonds is 8. The van der Waals surface area contributed by atoms with E-state index in [2.05, 4.69) is 0 Å². The number of thioether (sulfide) groups is 1. The summed E-state index contributed by atoms with van der Waals surface area (Å²) >= 11 is 7.44. The lowest BCUT2D eigenvalue weighted by Crippen LogP contribution is -2.31. The molecule has 154 valence electrons. The molecule has 0 saturated carbocycles. The number of halogens is 2. The second-order valence-electron chi connectivity index (χ2n) is 6.38. The Morgan fingerprint density at radius 1 is 1.17 bits per heavy atom. The first kappa shape index (κ1) is 21.5. The summed E-state index contributed by atoms with van der Waals surface area (Å²) in [5.41, 5.74) is 1.16. The molecule has 29 heavy (non-hydrogen) atoms. The highest BCUT2D eigenvalue weighted by Gasteiger charge is 2.38. The van der Waals surface area contributed by atoms with E-state index in [9.17, 15) is 14.0 Å². The molecule has 1 aliphatic rings. The monoisotopic (exact) mass is 437 g/mol. The van der Waals surface area contributed by atoms with E-state index >= 15 is 0 Å². The molecular formula is C21H21ClFNO4S. The lowest BCUT2D eigenvalue weighted by Gasteiger charge is -2.16. The van der Waals surface area contributed by atoms with Crippen LogP contribution in [-0.2, 0) is 17.8 Å². The van der Waals surface area contributed by atoms with Gasteiger partial charge in [0.05, 0.1) is 16.9 Å². The summed E-state index contributed by atoms with van der Waals surface area (Å²) in [4.78, 5) is 25.5. The van der Waals surface area contributed by atoms with Gasteiger partial charge < -0.3 is 9.47 Å². The first-order valence-corrected chi connectivity index (χ1v) is 10.5. The number of nitrogens with zero attached hydrogens (tertiary/aromatic N) is 1.